The van der Waals surface area contributed by atoms with Gasteiger partial charge in [-0.05, 0) is 38.5 Å². The van der Waals surface area contributed by atoms with E-state index >= 15 is 0 Å². The summed E-state index contributed by atoms with van der Waals surface area (Å²) < 4.78 is 37.5. The van der Waals surface area contributed by atoms with Gasteiger partial charge in [0.05, 0.1) is 12.1 Å². The van der Waals surface area contributed by atoms with E-state index in [1.165, 1.54) is 12.1 Å². The lowest BCUT2D eigenvalue weighted by atomic mass is 10.1. The smallest absolute Gasteiger partial charge is 0.352 e. The third kappa shape index (κ3) is 7.34. The Kier molecular flexibility index (Phi) is 6.62. The molecule has 0 fully saturated rings. The summed E-state index contributed by atoms with van der Waals surface area (Å²) in [5.74, 6) is 0.207. The Balaban J connectivity index is 2.48. The van der Waals surface area contributed by atoms with Crippen molar-refractivity contribution in [2.24, 2.45) is 4.99 Å². The molecular formula is C16H23F3N4O. The predicted octanol–water partition coefficient (Wildman–Crippen LogP) is 2.29. The van der Waals surface area contributed by atoms with Crippen LogP contribution in [0.25, 0.3) is 0 Å². The molecule has 134 valence electrons. The minimum atomic E-state index is -4.34. The molecule has 0 saturated carbocycles. The van der Waals surface area contributed by atoms with Gasteiger partial charge in [0.2, 0.25) is 5.91 Å². The van der Waals surface area contributed by atoms with Crippen molar-refractivity contribution in [3.8, 4) is 0 Å². The standard InChI is InChI=1S/C16H23F3N4O/c1-15(2,3)23-13(24)10-22-14(20-4)21-9-11-5-7-12(8-6-11)16(17,18)19/h5-8H,9-10H2,1-4H3,(H,23,24)(H2,20,21,22). The lowest BCUT2D eigenvalue weighted by Crippen LogP contribution is -2.48. The van der Waals surface area contributed by atoms with E-state index in [1.54, 1.807) is 7.05 Å². The normalized spacial score (nSPS) is 12.7. The number of alkyl halides is 3. The molecule has 1 amide bonds. The zero-order valence-corrected chi connectivity index (χ0v) is 14.2. The Labute approximate surface area is 139 Å². The molecular weight excluding hydrogens is 321 g/mol. The molecule has 0 bridgehead atoms. The number of rotatable bonds is 4. The summed E-state index contributed by atoms with van der Waals surface area (Å²) in [6, 6.07) is 4.86. The van der Waals surface area contributed by atoms with Gasteiger partial charge in [0.1, 0.15) is 0 Å². The van der Waals surface area contributed by atoms with Gasteiger partial charge in [0.15, 0.2) is 5.96 Å². The molecule has 0 heterocycles. The van der Waals surface area contributed by atoms with Crippen molar-refractivity contribution >= 4 is 11.9 Å². The van der Waals surface area contributed by atoms with E-state index in [1.807, 2.05) is 20.8 Å². The Hall–Kier alpha value is -2.25. The first-order valence-corrected chi connectivity index (χ1v) is 7.43. The molecule has 24 heavy (non-hydrogen) atoms. The zero-order chi connectivity index (χ0) is 18.4. The molecule has 0 atom stereocenters. The van der Waals surface area contributed by atoms with Gasteiger partial charge in [-0.1, -0.05) is 12.1 Å². The highest BCUT2D eigenvalue weighted by Gasteiger charge is 2.29. The maximum Gasteiger partial charge on any atom is 0.416 e. The Morgan fingerprint density at radius 2 is 1.67 bits per heavy atom. The second kappa shape index (κ2) is 8.03. The third-order valence-corrected chi connectivity index (χ3v) is 2.90. The fourth-order valence-electron chi connectivity index (χ4n) is 1.84. The van der Waals surface area contributed by atoms with Crippen LogP contribution in [0.3, 0.4) is 0 Å². The summed E-state index contributed by atoms with van der Waals surface area (Å²) in [7, 11) is 1.55. The van der Waals surface area contributed by atoms with Gasteiger partial charge in [-0.2, -0.15) is 13.2 Å². The molecule has 3 N–H and O–H groups in total. The molecule has 1 aromatic rings. The number of nitrogens with zero attached hydrogens (tertiary/aromatic N) is 1. The Bertz CT molecular complexity index is 574. The first-order valence-electron chi connectivity index (χ1n) is 7.43. The quantitative estimate of drug-likeness (QED) is 0.580. The maximum atomic E-state index is 12.5. The number of hydrogen-bond acceptors (Lipinski definition) is 2. The summed E-state index contributed by atoms with van der Waals surface area (Å²) in [6.45, 7) is 5.97. The van der Waals surface area contributed by atoms with Gasteiger partial charge < -0.3 is 16.0 Å². The van der Waals surface area contributed by atoms with Gasteiger partial charge in [-0.25, -0.2) is 0 Å². The molecule has 1 aromatic carbocycles. The first-order chi connectivity index (χ1) is 11.0. The molecule has 8 heteroatoms. The second-order valence-electron chi connectivity index (χ2n) is 6.27. The van der Waals surface area contributed by atoms with E-state index < -0.39 is 11.7 Å². The van der Waals surface area contributed by atoms with Crippen molar-refractivity contribution < 1.29 is 18.0 Å². The van der Waals surface area contributed by atoms with Crippen molar-refractivity contribution in [1.29, 1.82) is 0 Å². The van der Waals surface area contributed by atoms with Crippen LogP contribution in [0.1, 0.15) is 31.9 Å². The minimum Gasteiger partial charge on any atom is -0.352 e. The van der Waals surface area contributed by atoms with Crippen LogP contribution in [-0.4, -0.2) is 31.0 Å². The van der Waals surface area contributed by atoms with Gasteiger partial charge in [0, 0.05) is 19.1 Å². The molecule has 0 unspecified atom stereocenters. The van der Waals surface area contributed by atoms with Crippen LogP contribution in [0.2, 0.25) is 0 Å². The summed E-state index contributed by atoms with van der Waals surface area (Å²) >= 11 is 0. The lowest BCUT2D eigenvalue weighted by Gasteiger charge is -2.21. The van der Waals surface area contributed by atoms with Crippen molar-refractivity contribution in [2.45, 2.75) is 39.0 Å². The second-order valence-corrected chi connectivity index (χ2v) is 6.27. The van der Waals surface area contributed by atoms with E-state index in [2.05, 4.69) is 20.9 Å². The summed E-state index contributed by atoms with van der Waals surface area (Å²) in [5, 5.41) is 8.59. The topological polar surface area (TPSA) is 65.5 Å². The molecule has 0 spiro atoms. The number of amides is 1. The van der Waals surface area contributed by atoms with Crippen LogP contribution >= 0.6 is 0 Å². The molecule has 0 aromatic heterocycles. The number of carbonyl (C=O) groups excluding carboxylic acids is 1. The average Bonchev–Trinajstić information content (AvgIpc) is 2.45. The molecule has 1 rings (SSSR count). The summed E-state index contributed by atoms with van der Waals surface area (Å²) in [5.41, 5.74) is -0.339. The van der Waals surface area contributed by atoms with Gasteiger partial charge in [-0.3, -0.25) is 9.79 Å². The zero-order valence-electron chi connectivity index (χ0n) is 14.2. The van der Waals surface area contributed by atoms with Crippen LogP contribution < -0.4 is 16.0 Å². The van der Waals surface area contributed by atoms with Crippen LogP contribution in [0.5, 0.6) is 0 Å². The highest BCUT2D eigenvalue weighted by molar-refractivity contribution is 5.86. The van der Waals surface area contributed by atoms with Crippen LogP contribution in [-0.2, 0) is 17.5 Å². The van der Waals surface area contributed by atoms with E-state index in [-0.39, 0.29) is 18.0 Å². The number of hydrogen-bond donors (Lipinski definition) is 3. The lowest BCUT2D eigenvalue weighted by molar-refractivity contribution is -0.137. The maximum absolute atomic E-state index is 12.5. The van der Waals surface area contributed by atoms with E-state index in [9.17, 15) is 18.0 Å². The molecule has 0 aliphatic heterocycles. The average molecular weight is 344 g/mol. The highest BCUT2D eigenvalue weighted by Crippen LogP contribution is 2.28. The number of guanidine groups is 1. The fraction of sp³-hybridized carbons (Fsp3) is 0.500. The Morgan fingerprint density at radius 1 is 1.08 bits per heavy atom. The van der Waals surface area contributed by atoms with E-state index in [0.717, 1.165) is 12.1 Å². The van der Waals surface area contributed by atoms with Crippen LogP contribution in [0, 0.1) is 0 Å². The fourth-order valence-corrected chi connectivity index (χ4v) is 1.84. The minimum absolute atomic E-state index is 0.0456. The highest BCUT2D eigenvalue weighted by atomic mass is 19.4. The molecule has 0 saturated heterocycles. The largest absolute Gasteiger partial charge is 0.416 e. The number of aliphatic imine (C=N–C) groups is 1. The summed E-state index contributed by atoms with van der Waals surface area (Å²) in [4.78, 5) is 15.7. The summed E-state index contributed by atoms with van der Waals surface area (Å²) in [6.07, 6.45) is -4.34. The van der Waals surface area contributed by atoms with Gasteiger partial charge in [-0.15, -0.1) is 0 Å². The molecule has 5 nitrogen and oxygen atoms in total. The van der Waals surface area contributed by atoms with Crippen molar-refractivity contribution in [3.05, 3.63) is 35.4 Å². The van der Waals surface area contributed by atoms with Crippen LogP contribution in [0.4, 0.5) is 13.2 Å². The van der Waals surface area contributed by atoms with Crippen LogP contribution in [0.15, 0.2) is 29.3 Å². The third-order valence-electron chi connectivity index (χ3n) is 2.90. The first kappa shape index (κ1) is 19.8. The van der Waals surface area contributed by atoms with E-state index in [0.29, 0.717) is 18.1 Å². The number of halogens is 3. The molecule has 0 aliphatic rings. The van der Waals surface area contributed by atoms with E-state index in [4.69, 9.17) is 0 Å². The van der Waals surface area contributed by atoms with Gasteiger partial charge in [0.25, 0.3) is 0 Å². The Morgan fingerprint density at radius 3 is 2.12 bits per heavy atom. The molecule has 0 radical (unpaired) electrons. The number of carbonyl (C=O) groups is 1. The number of nitrogens with one attached hydrogen (secondary N) is 3. The van der Waals surface area contributed by atoms with Crippen molar-refractivity contribution in [1.82, 2.24) is 16.0 Å². The molecule has 0 aliphatic carbocycles. The van der Waals surface area contributed by atoms with Gasteiger partial charge >= 0.3 is 6.18 Å². The monoisotopic (exact) mass is 344 g/mol. The SMILES string of the molecule is CN=C(NCC(=O)NC(C)(C)C)NCc1ccc(C(F)(F)F)cc1. The predicted molar refractivity (Wildman–Crippen MR) is 87.5 cm³/mol. The number of benzene rings is 1. The van der Waals surface area contributed by atoms with Crippen molar-refractivity contribution in [3.63, 3.8) is 0 Å². The van der Waals surface area contributed by atoms with Crippen molar-refractivity contribution in [2.75, 3.05) is 13.6 Å².